The van der Waals surface area contributed by atoms with Gasteiger partial charge >= 0.3 is 0 Å². The molecule has 0 aliphatic rings. The smallest absolute Gasteiger partial charge is 0.223 e. The minimum Gasteiger partial charge on any atom is -0.482 e. The topological polar surface area (TPSA) is 66.0 Å². The molecule has 0 saturated carbocycles. The fourth-order valence-corrected chi connectivity index (χ4v) is 1.02. The van der Waals surface area contributed by atoms with Gasteiger partial charge in [-0.1, -0.05) is 5.16 Å². The SMILES string of the molecule is Cc1nc(COc2cnn(C)c2)no1. The first-order valence-corrected chi connectivity index (χ1v) is 4.14. The zero-order valence-corrected chi connectivity index (χ0v) is 7.97. The van der Waals surface area contributed by atoms with Crippen LogP contribution in [0.2, 0.25) is 0 Å². The molecule has 0 aromatic carbocycles. The second-order valence-electron chi connectivity index (χ2n) is 2.87. The van der Waals surface area contributed by atoms with Crippen LogP contribution in [0.25, 0.3) is 0 Å². The summed E-state index contributed by atoms with van der Waals surface area (Å²) in [5.74, 6) is 1.76. The van der Waals surface area contributed by atoms with Crippen LogP contribution < -0.4 is 4.74 Å². The molecule has 6 heteroatoms. The Kier molecular flexibility index (Phi) is 2.18. The van der Waals surface area contributed by atoms with Crippen molar-refractivity contribution in [2.75, 3.05) is 0 Å². The lowest BCUT2D eigenvalue weighted by atomic mass is 10.6. The summed E-state index contributed by atoms with van der Waals surface area (Å²) in [6.07, 6.45) is 3.40. The van der Waals surface area contributed by atoms with Gasteiger partial charge in [-0.05, 0) is 0 Å². The Morgan fingerprint density at radius 3 is 3.00 bits per heavy atom. The predicted octanol–water partition coefficient (Wildman–Crippen LogP) is 0.691. The Bertz CT molecular complexity index is 380. The van der Waals surface area contributed by atoms with Crippen molar-refractivity contribution in [3.05, 3.63) is 24.1 Å². The number of ether oxygens (including phenoxy) is 1. The molecule has 0 spiro atoms. The Morgan fingerprint density at radius 2 is 2.43 bits per heavy atom. The molecule has 0 aliphatic heterocycles. The second kappa shape index (κ2) is 3.49. The fraction of sp³-hybridized carbons (Fsp3) is 0.375. The third-order valence-corrected chi connectivity index (χ3v) is 1.62. The Hall–Kier alpha value is -1.85. The number of hydrogen-bond acceptors (Lipinski definition) is 5. The highest BCUT2D eigenvalue weighted by molar-refractivity contribution is 5.11. The highest BCUT2D eigenvalue weighted by atomic mass is 16.5. The van der Waals surface area contributed by atoms with E-state index in [0.717, 1.165) is 0 Å². The third-order valence-electron chi connectivity index (χ3n) is 1.62. The van der Waals surface area contributed by atoms with Crippen LogP contribution in [0.5, 0.6) is 5.75 Å². The lowest BCUT2D eigenvalue weighted by Crippen LogP contribution is -1.96. The third kappa shape index (κ3) is 1.90. The molecule has 2 rings (SSSR count). The van der Waals surface area contributed by atoms with Gasteiger partial charge in [0.1, 0.15) is 0 Å². The fourth-order valence-electron chi connectivity index (χ4n) is 1.02. The first-order valence-electron chi connectivity index (χ1n) is 4.14. The number of aryl methyl sites for hydroxylation is 2. The van der Waals surface area contributed by atoms with Crippen LogP contribution in [0, 0.1) is 6.92 Å². The average molecular weight is 194 g/mol. The molecule has 0 unspecified atom stereocenters. The second-order valence-corrected chi connectivity index (χ2v) is 2.87. The van der Waals surface area contributed by atoms with Gasteiger partial charge in [0.25, 0.3) is 0 Å². The van der Waals surface area contributed by atoms with Crippen LogP contribution in [0.15, 0.2) is 16.9 Å². The van der Waals surface area contributed by atoms with Crippen molar-refractivity contribution < 1.29 is 9.26 Å². The van der Waals surface area contributed by atoms with E-state index in [1.165, 1.54) is 0 Å². The van der Waals surface area contributed by atoms with Gasteiger partial charge in [0, 0.05) is 14.0 Å². The summed E-state index contributed by atoms with van der Waals surface area (Å²) in [5.41, 5.74) is 0. The highest BCUT2D eigenvalue weighted by Gasteiger charge is 2.03. The number of hydrogen-bond donors (Lipinski definition) is 0. The molecule has 14 heavy (non-hydrogen) atoms. The van der Waals surface area contributed by atoms with Gasteiger partial charge < -0.3 is 9.26 Å². The molecule has 2 aromatic heterocycles. The quantitative estimate of drug-likeness (QED) is 0.719. The number of aromatic nitrogens is 4. The summed E-state index contributed by atoms with van der Waals surface area (Å²) >= 11 is 0. The molecule has 2 aromatic rings. The molecule has 0 saturated heterocycles. The first kappa shape index (κ1) is 8.74. The van der Waals surface area contributed by atoms with Gasteiger partial charge in [-0.25, -0.2) is 0 Å². The standard InChI is InChI=1S/C8H10N4O2/c1-6-10-8(11-14-6)5-13-7-3-9-12(2)4-7/h3-4H,5H2,1-2H3. The Morgan fingerprint density at radius 1 is 1.57 bits per heavy atom. The molecule has 0 bridgehead atoms. The normalized spacial score (nSPS) is 10.4. The van der Waals surface area contributed by atoms with E-state index < -0.39 is 0 Å². The van der Waals surface area contributed by atoms with Crippen LogP contribution in [-0.4, -0.2) is 19.9 Å². The lowest BCUT2D eigenvalue weighted by Gasteiger charge is -1.96. The molecule has 0 atom stereocenters. The van der Waals surface area contributed by atoms with E-state index in [-0.39, 0.29) is 0 Å². The van der Waals surface area contributed by atoms with Gasteiger partial charge in [-0.3, -0.25) is 4.68 Å². The van der Waals surface area contributed by atoms with Gasteiger partial charge in [-0.2, -0.15) is 10.1 Å². The zero-order chi connectivity index (χ0) is 9.97. The molecular weight excluding hydrogens is 184 g/mol. The Labute approximate surface area is 80.5 Å². The number of nitrogens with zero attached hydrogens (tertiary/aromatic N) is 4. The molecule has 6 nitrogen and oxygen atoms in total. The van der Waals surface area contributed by atoms with Crippen molar-refractivity contribution in [2.45, 2.75) is 13.5 Å². The van der Waals surface area contributed by atoms with Crippen LogP contribution in [-0.2, 0) is 13.7 Å². The molecule has 0 radical (unpaired) electrons. The molecule has 0 amide bonds. The van der Waals surface area contributed by atoms with Crippen molar-refractivity contribution in [1.82, 2.24) is 19.9 Å². The van der Waals surface area contributed by atoms with Crippen LogP contribution in [0.3, 0.4) is 0 Å². The minimum absolute atomic E-state index is 0.295. The summed E-state index contributed by atoms with van der Waals surface area (Å²) < 4.78 is 11.8. The van der Waals surface area contributed by atoms with Crippen molar-refractivity contribution in [1.29, 1.82) is 0 Å². The van der Waals surface area contributed by atoms with E-state index in [0.29, 0.717) is 24.1 Å². The monoisotopic (exact) mass is 194 g/mol. The maximum absolute atomic E-state index is 5.36. The summed E-state index contributed by atoms with van der Waals surface area (Å²) in [6, 6.07) is 0. The van der Waals surface area contributed by atoms with Gasteiger partial charge in [0.05, 0.1) is 12.4 Å². The molecule has 74 valence electrons. The molecular formula is C8H10N4O2. The van der Waals surface area contributed by atoms with Crippen molar-refractivity contribution in [3.8, 4) is 5.75 Å². The minimum atomic E-state index is 0.295. The van der Waals surface area contributed by atoms with Gasteiger partial charge in [-0.15, -0.1) is 0 Å². The number of rotatable bonds is 3. The van der Waals surface area contributed by atoms with Crippen LogP contribution in [0.4, 0.5) is 0 Å². The van der Waals surface area contributed by atoms with Crippen LogP contribution in [0.1, 0.15) is 11.7 Å². The van der Waals surface area contributed by atoms with E-state index in [9.17, 15) is 0 Å². The van der Waals surface area contributed by atoms with Gasteiger partial charge in [0.2, 0.25) is 11.7 Å². The summed E-state index contributed by atoms with van der Waals surface area (Å²) in [6.45, 7) is 2.03. The van der Waals surface area contributed by atoms with E-state index in [1.807, 2.05) is 7.05 Å². The van der Waals surface area contributed by atoms with E-state index >= 15 is 0 Å². The lowest BCUT2D eigenvalue weighted by molar-refractivity contribution is 0.285. The van der Waals surface area contributed by atoms with Crippen molar-refractivity contribution in [3.63, 3.8) is 0 Å². The highest BCUT2D eigenvalue weighted by Crippen LogP contribution is 2.08. The molecule has 0 N–H and O–H groups in total. The molecule has 2 heterocycles. The zero-order valence-electron chi connectivity index (χ0n) is 7.97. The van der Waals surface area contributed by atoms with Crippen LogP contribution >= 0.6 is 0 Å². The molecule has 0 aliphatic carbocycles. The van der Waals surface area contributed by atoms with E-state index in [4.69, 9.17) is 9.26 Å². The summed E-state index contributed by atoms with van der Waals surface area (Å²) in [7, 11) is 1.82. The van der Waals surface area contributed by atoms with Gasteiger partial charge in [0.15, 0.2) is 12.4 Å². The maximum atomic E-state index is 5.36. The molecule has 0 fully saturated rings. The summed E-state index contributed by atoms with van der Waals surface area (Å²) in [4.78, 5) is 4.00. The van der Waals surface area contributed by atoms with E-state index in [2.05, 4.69) is 15.2 Å². The maximum Gasteiger partial charge on any atom is 0.223 e. The van der Waals surface area contributed by atoms with Crippen molar-refractivity contribution >= 4 is 0 Å². The Balaban J connectivity index is 1.94. The van der Waals surface area contributed by atoms with Crippen molar-refractivity contribution in [2.24, 2.45) is 7.05 Å². The first-order chi connectivity index (χ1) is 6.74. The largest absolute Gasteiger partial charge is 0.482 e. The van der Waals surface area contributed by atoms with E-state index in [1.54, 1.807) is 24.0 Å². The predicted molar refractivity (Wildman–Crippen MR) is 46.6 cm³/mol. The average Bonchev–Trinajstić information content (AvgIpc) is 2.72. The summed E-state index contributed by atoms with van der Waals surface area (Å²) in [5, 5.41) is 7.66.